The van der Waals surface area contributed by atoms with E-state index in [4.69, 9.17) is 0 Å². The molecule has 34 heavy (non-hydrogen) atoms. The average molecular weight is 493 g/mol. The Bertz CT molecular complexity index is 1200. The number of aromatic nitrogens is 1. The van der Waals surface area contributed by atoms with Gasteiger partial charge in [-0.1, -0.05) is 60.7 Å². The fraction of sp³-hybridized carbons (Fsp3) is 0.261. The van der Waals surface area contributed by atoms with E-state index >= 15 is 4.39 Å². The van der Waals surface area contributed by atoms with E-state index < -0.39 is 46.8 Å². The van der Waals surface area contributed by atoms with Crippen molar-refractivity contribution in [1.82, 2.24) is 4.98 Å². The van der Waals surface area contributed by atoms with Gasteiger partial charge in [0.1, 0.15) is 0 Å². The Hall–Kier alpha value is -3.11. The summed E-state index contributed by atoms with van der Waals surface area (Å²) in [6.07, 6.45) is -4.44. The first kappa shape index (κ1) is 24.0. The molecule has 2 unspecified atom stereocenters. The minimum absolute atomic E-state index is 0.152. The summed E-state index contributed by atoms with van der Waals surface area (Å²) in [5.41, 5.74) is -8.35. The highest BCUT2D eigenvalue weighted by Crippen LogP contribution is 2.68. The molecule has 0 N–H and O–H groups in total. The molecule has 1 heterocycles. The highest BCUT2D eigenvalue weighted by atomic mass is 19.4. The molecule has 2 atom stereocenters. The van der Waals surface area contributed by atoms with E-state index in [1.54, 1.807) is 6.07 Å². The second-order valence-electron chi connectivity index (χ2n) is 7.73. The van der Waals surface area contributed by atoms with Crippen LogP contribution in [0, 0.1) is 0 Å². The summed E-state index contributed by atoms with van der Waals surface area (Å²) >= 11 is 0. The van der Waals surface area contributed by atoms with Crippen molar-refractivity contribution in [2.24, 2.45) is 0 Å². The normalized spacial score (nSPS) is 26.7. The van der Waals surface area contributed by atoms with E-state index in [2.05, 4.69) is 4.98 Å². The Morgan fingerprint density at radius 3 is 1.62 bits per heavy atom. The van der Waals surface area contributed by atoms with E-state index in [0.29, 0.717) is 6.20 Å². The molecule has 180 valence electrons. The SMILES string of the molecule is FC1C(F)(F)C(F)(F)C(F)(F)C(F)(F)C1(F)c1nccc(-c2ccccc2)c1-c1ccccc1. The highest BCUT2D eigenvalue weighted by molar-refractivity contribution is 5.85. The lowest BCUT2D eigenvalue weighted by molar-refractivity contribution is -0.446. The Morgan fingerprint density at radius 2 is 1.09 bits per heavy atom. The van der Waals surface area contributed by atoms with Crippen LogP contribution in [0.2, 0.25) is 0 Å². The van der Waals surface area contributed by atoms with E-state index in [1.807, 2.05) is 0 Å². The molecule has 0 amide bonds. The van der Waals surface area contributed by atoms with E-state index in [9.17, 15) is 39.5 Å². The molecular weight excluding hydrogens is 480 g/mol. The molecule has 1 aliphatic rings. The van der Waals surface area contributed by atoms with Gasteiger partial charge < -0.3 is 0 Å². The Kier molecular flexibility index (Phi) is 5.26. The van der Waals surface area contributed by atoms with E-state index in [-0.39, 0.29) is 16.7 Å². The third kappa shape index (κ3) is 2.84. The second-order valence-corrected chi connectivity index (χ2v) is 7.73. The van der Waals surface area contributed by atoms with Crippen LogP contribution in [-0.2, 0) is 5.67 Å². The fourth-order valence-corrected chi connectivity index (χ4v) is 3.96. The summed E-state index contributed by atoms with van der Waals surface area (Å²) in [5, 5.41) is 0. The van der Waals surface area contributed by atoms with Crippen molar-refractivity contribution in [1.29, 1.82) is 0 Å². The van der Waals surface area contributed by atoms with Crippen LogP contribution >= 0.6 is 0 Å². The standard InChI is InChI=1S/C23H13F10N/c24-18-19(25,21(28,29)23(32,33)22(30,31)20(18,26)27)17-16(14-9-5-2-6-10-14)15(11-12-34-17)13-7-3-1-4-8-13/h1-12,18H. The number of rotatable bonds is 3. The number of hydrogen-bond donors (Lipinski definition) is 0. The smallest absolute Gasteiger partial charge is 0.257 e. The van der Waals surface area contributed by atoms with Crippen LogP contribution in [-0.4, -0.2) is 34.8 Å². The van der Waals surface area contributed by atoms with Crippen LogP contribution in [0.4, 0.5) is 43.9 Å². The Balaban J connectivity index is 2.12. The summed E-state index contributed by atoms with van der Waals surface area (Å²) in [5.74, 6) is -27.0. The van der Waals surface area contributed by atoms with Crippen molar-refractivity contribution in [3.63, 3.8) is 0 Å². The molecular formula is C23H13F10N. The summed E-state index contributed by atoms with van der Waals surface area (Å²) < 4.78 is 144. The molecule has 0 spiro atoms. The van der Waals surface area contributed by atoms with E-state index in [0.717, 1.165) is 6.07 Å². The molecule has 0 bridgehead atoms. The molecule has 0 saturated heterocycles. The van der Waals surface area contributed by atoms with Crippen LogP contribution < -0.4 is 0 Å². The molecule has 1 aromatic heterocycles. The second kappa shape index (κ2) is 7.44. The summed E-state index contributed by atoms with van der Waals surface area (Å²) in [4.78, 5) is 3.26. The molecule has 2 aromatic carbocycles. The van der Waals surface area contributed by atoms with Crippen LogP contribution in [0.1, 0.15) is 5.69 Å². The van der Waals surface area contributed by atoms with Gasteiger partial charge in [0.15, 0.2) is 0 Å². The van der Waals surface area contributed by atoms with Crippen LogP contribution in [0.15, 0.2) is 72.9 Å². The van der Waals surface area contributed by atoms with Gasteiger partial charge in [-0.25, -0.2) is 8.78 Å². The number of nitrogens with zero attached hydrogens (tertiary/aromatic N) is 1. The molecule has 0 aliphatic heterocycles. The third-order valence-electron chi connectivity index (χ3n) is 5.77. The zero-order chi connectivity index (χ0) is 25.2. The molecule has 0 radical (unpaired) electrons. The number of alkyl halides is 10. The average Bonchev–Trinajstić information content (AvgIpc) is 2.82. The van der Waals surface area contributed by atoms with Gasteiger partial charge in [0, 0.05) is 11.8 Å². The maximum Gasteiger partial charge on any atom is 0.382 e. The number of benzene rings is 2. The van der Waals surface area contributed by atoms with Gasteiger partial charge in [-0.3, -0.25) is 4.98 Å². The number of halogens is 10. The lowest BCUT2D eigenvalue weighted by Gasteiger charge is -2.50. The molecule has 1 aliphatic carbocycles. The lowest BCUT2D eigenvalue weighted by atomic mass is 9.70. The largest absolute Gasteiger partial charge is 0.382 e. The van der Waals surface area contributed by atoms with Crippen LogP contribution in [0.5, 0.6) is 0 Å². The van der Waals surface area contributed by atoms with Crippen molar-refractivity contribution < 1.29 is 43.9 Å². The summed E-state index contributed by atoms with van der Waals surface area (Å²) in [6, 6.07) is 14.9. The maximum atomic E-state index is 16.0. The topological polar surface area (TPSA) is 12.9 Å². The van der Waals surface area contributed by atoms with Gasteiger partial charge in [0.2, 0.25) is 6.17 Å². The molecule has 4 rings (SSSR count). The van der Waals surface area contributed by atoms with Crippen LogP contribution in [0.3, 0.4) is 0 Å². The first-order chi connectivity index (χ1) is 15.7. The predicted molar refractivity (Wildman–Crippen MR) is 103 cm³/mol. The van der Waals surface area contributed by atoms with Gasteiger partial charge >= 0.3 is 23.7 Å². The summed E-state index contributed by atoms with van der Waals surface area (Å²) in [7, 11) is 0. The zero-order valence-corrected chi connectivity index (χ0v) is 16.7. The van der Waals surface area contributed by atoms with Gasteiger partial charge in [0.05, 0.1) is 5.69 Å². The fourth-order valence-electron chi connectivity index (χ4n) is 3.96. The molecule has 3 aromatic rings. The van der Waals surface area contributed by atoms with Gasteiger partial charge in [0.25, 0.3) is 5.67 Å². The quantitative estimate of drug-likeness (QED) is 0.345. The zero-order valence-electron chi connectivity index (χ0n) is 16.7. The highest BCUT2D eigenvalue weighted by Gasteiger charge is 2.95. The number of hydrogen-bond acceptors (Lipinski definition) is 1. The van der Waals surface area contributed by atoms with Crippen molar-refractivity contribution >= 4 is 0 Å². The Morgan fingerprint density at radius 1 is 0.588 bits per heavy atom. The van der Waals surface area contributed by atoms with Crippen molar-refractivity contribution in [2.45, 2.75) is 35.5 Å². The van der Waals surface area contributed by atoms with Crippen molar-refractivity contribution in [3.8, 4) is 22.3 Å². The van der Waals surface area contributed by atoms with E-state index in [1.165, 1.54) is 54.6 Å². The first-order valence-electron chi connectivity index (χ1n) is 9.67. The minimum atomic E-state index is -6.96. The third-order valence-corrected chi connectivity index (χ3v) is 5.77. The lowest BCUT2D eigenvalue weighted by Crippen LogP contribution is -2.78. The maximum absolute atomic E-state index is 16.0. The van der Waals surface area contributed by atoms with Gasteiger partial charge in [-0.2, -0.15) is 35.1 Å². The number of pyridine rings is 1. The predicted octanol–water partition coefficient (Wildman–Crippen LogP) is 7.47. The van der Waals surface area contributed by atoms with Crippen molar-refractivity contribution in [2.75, 3.05) is 0 Å². The molecule has 1 saturated carbocycles. The first-order valence-corrected chi connectivity index (χ1v) is 9.67. The van der Waals surface area contributed by atoms with Crippen molar-refractivity contribution in [3.05, 3.63) is 78.6 Å². The van der Waals surface area contributed by atoms with Gasteiger partial charge in [-0.15, -0.1) is 0 Å². The summed E-state index contributed by atoms with van der Waals surface area (Å²) in [6.45, 7) is 0. The molecule has 1 nitrogen and oxygen atoms in total. The molecule has 11 heteroatoms. The van der Waals surface area contributed by atoms with Crippen LogP contribution in [0.25, 0.3) is 22.3 Å². The monoisotopic (exact) mass is 493 g/mol. The molecule has 1 fully saturated rings. The Labute approximate surface area is 186 Å². The minimum Gasteiger partial charge on any atom is -0.257 e. The van der Waals surface area contributed by atoms with Gasteiger partial charge in [-0.05, 0) is 22.8 Å².